The monoisotopic (exact) mass is 724 g/mol. The summed E-state index contributed by atoms with van der Waals surface area (Å²) in [6, 6.07) is 65.1. The fourth-order valence-electron chi connectivity index (χ4n) is 8.74. The van der Waals surface area contributed by atoms with Crippen LogP contribution in [0.1, 0.15) is 57.9 Å². The highest BCUT2D eigenvalue weighted by Gasteiger charge is 2.46. The fraction of sp³-hybridized carbons (Fsp3) is 0.0962. The summed E-state index contributed by atoms with van der Waals surface area (Å²) in [4.78, 5) is 0. The van der Waals surface area contributed by atoms with Crippen LogP contribution in [0, 0.1) is 0 Å². The van der Waals surface area contributed by atoms with Crippen LogP contribution in [-0.2, 0) is 17.4 Å². The van der Waals surface area contributed by atoms with E-state index in [1.807, 2.05) is 30.3 Å². The van der Waals surface area contributed by atoms with Gasteiger partial charge in [-0.05, 0) is 80.8 Å². The van der Waals surface area contributed by atoms with Gasteiger partial charge in [-0.1, -0.05) is 183 Å². The molecule has 4 heteroatoms. The van der Waals surface area contributed by atoms with Crippen molar-refractivity contribution >= 4 is 22.8 Å². The van der Waals surface area contributed by atoms with Gasteiger partial charge in [-0.15, -0.1) is 0 Å². The summed E-state index contributed by atoms with van der Waals surface area (Å²) in [7, 11) is 0. The summed E-state index contributed by atoms with van der Waals surface area (Å²) in [5.41, 5.74) is 24.3. The number of nitrogens with zero attached hydrogens (tertiary/aromatic N) is 1. The largest absolute Gasteiger partial charge is 0.382 e. The Morgan fingerprint density at radius 2 is 1.23 bits per heavy atom. The molecule has 7 aromatic carbocycles. The average molecular weight is 725 g/mol. The molecular formula is C52H44N4. The lowest BCUT2D eigenvalue weighted by Gasteiger charge is -2.35. The van der Waals surface area contributed by atoms with Gasteiger partial charge in [0.1, 0.15) is 0 Å². The van der Waals surface area contributed by atoms with Crippen LogP contribution in [0.3, 0.4) is 0 Å². The molecule has 9 rings (SSSR count). The maximum absolute atomic E-state index is 6.53. The molecule has 7 aromatic rings. The number of benzene rings is 7. The maximum atomic E-state index is 6.53. The minimum absolute atomic E-state index is 0.167. The van der Waals surface area contributed by atoms with Gasteiger partial charge in [-0.25, -0.2) is 0 Å². The standard InChI is InChI=1S/C52H44N4/c1-51(40-21-7-3-8-22-40)32-16-20-39(35-51)46-34-42(52(41-23-9-4-10-24-41)47-28-13-11-26-44(47)45-27-12-14-29-48(45)52)30-31-49(46)55-43-25-15-19-38(33-43)50(53)56-54-36-37-17-5-2-6-18-37/h2-34,54-55H,35-36H2,1H3,(H2,53,56). The van der Waals surface area contributed by atoms with Crippen LogP contribution >= 0.6 is 0 Å². The van der Waals surface area contributed by atoms with Gasteiger partial charge in [-0.3, -0.25) is 0 Å². The summed E-state index contributed by atoms with van der Waals surface area (Å²) in [6.07, 6.45) is 7.72. The number of nitrogens with one attached hydrogen (secondary N) is 2. The first-order valence-corrected chi connectivity index (χ1v) is 19.3. The van der Waals surface area contributed by atoms with Crippen molar-refractivity contribution in [3.05, 3.63) is 245 Å². The number of allylic oxidation sites excluding steroid dienone is 4. The van der Waals surface area contributed by atoms with Crippen LogP contribution in [0.25, 0.3) is 16.7 Å². The molecule has 272 valence electrons. The molecule has 0 heterocycles. The Labute approximate surface area is 329 Å². The van der Waals surface area contributed by atoms with Gasteiger partial charge in [0.2, 0.25) is 0 Å². The van der Waals surface area contributed by atoms with E-state index < -0.39 is 5.41 Å². The second kappa shape index (κ2) is 14.7. The van der Waals surface area contributed by atoms with Crippen LogP contribution in [0.4, 0.5) is 11.4 Å². The third-order valence-electron chi connectivity index (χ3n) is 11.5. The minimum atomic E-state index is -0.507. The number of anilines is 2. The molecule has 0 radical (unpaired) electrons. The first-order valence-electron chi connectivity index (χ1n) is 19.3. The predicted molar refractivity (Wildman–Crippen MR) is 233 cm³/mol. The van der Waals surface area contributed by atoms with Crippen LogP contribution in [0.15, 0.2) is 205 Å². The number of hydrogen-bond donors (Lipinski definition) is 3. The molecule has 4 nitrogen and oxygen atoms in total. The zero-order valence-corrected chi connectivity index (χ0v) is 31.5. The molecule has 56 heavy (non-hydrogen) atoms. The van der Waals surface area contributed by atoms with Crippen molar-refractivity contribution < 1.29 is 0 Å². The molecule has 0 bridgehead atoms. The maximum Gasteiger partial charge on any atom is 0.150 e. The van der Waals surface area contributed by atoms with Crippen molar-refractivity contribution in [2.75, 3.05) is 5.32 Å². The summed E-state index contributed by atoms with van der Waals surface area (Å²) >= 11 is 0. The van der Waals surface area contributed by atoms with Crippen molar-refractivity contribution in [3.63, 3.8) is 0 Å². The molecule has 1 atom stereocenters. The Morgan fingerprint density at radius 3 is 1.93 bits per heavy atom. The molecule has 0 amide bonds. The van der Waals surface area contributed by atoms with Gasteiger partial charge in [0, 0.05) is 27.9 Å². The summed E-state index contributed by atoms with van der Waals surface area (Å²) in [5, 5.41) is 8.33. The molecular weight excluding hydrogens is 681 g/mol. The topological polar surface area (TPSA) is 62.4 Å². The first kappa shape index (κ1) is 34.8. The number of nitrogens with two attached hydrogens (primary N) is 1. The lowest BCUT2D eigenvalue weighted by atomic mass is 9.67. The van der Waals surface area contributed by atoms with E-state index in [2.05, 4.69) is 193 Å². The van der Waals surface area contributed by atoms with E-state index in [4.69, 9.17) is 5.73 Å². The van der Waals surface area contributed by atoms with E-state index in [-0.39, 0.29) is 5.41 Å². The Balaban J connectivity index is 1.16. The number of fused-ring (bicyclic) bond motifs is 3. The number of amidine groups is 1. The highest BCUT2D eigenvalue weighted by atomic mass is 15.3. The lowest BCUT2D eigenvalue weighted by molar-refractivity contribution is 0.609. The quantitative estimate of drug-likeness (QED) is 0.0747. The molecule has 0 saturated carbocycles. The Hall–Kier alpha value is -6.91. The van der Waals surface area contributed by atoms with Gasteiger partial charge in [0.15, 0.2) is 5.84 Å². The highest BCUT2D eigenvalue weighted by Crippen LogP contribution is 2.56. The molecule has 0 saturated heterocycles. The van der Waals surface area contributed by atoms with Crippen molar-refractivity contribution in [2.24, 2.45) is 10.8 Å². The molecule has 2 aliphatic carbocycles. The van der Waals surface area contributed by atoms with Crippen LogP contribution in [0.5, 0.6) is 0 Å². The molecule has 2 aliphatic rings. The smallest absolute Gasteiger partial charge is 0.150 e. The van der Waals surface area contributed by atoms with E-state index in [1.165, 1.54) is 50.1 Å². The summed E-state index contributed by atoms with van der Waals surface area (Å²) in [5.74, 6) is 0.433. The van der Waals surface area contributed by atoms with E-state index >= 15 is 0 Å². The Kier molecular flexibility index (Phi) is 9.16. The van der Waals surface area contributed by atoms with Gasteiger partial charge >= 0.3 is 0 Å². The molecule has 0 spiro atoms. The fourth-order valence-corrected chi connectivity index (χ4v) is 8.74. The summed E-state index contributed by atoms with van der Waals surface area (Å²) < 4.78 is 0. The summed E-state index contributed by atoms with van der Waals surface area (Å²) in [6.45, 7) is 2.94. The van der Waals surface area contributed by atoms with Gasteiger partial charge < -0.3 is 16.5 Å². The average Bonchev–Trinajstić information content (AvgIpc) is 3.56. The third kappa shape index (κ3) is 6.29. The third-order valence-corrected chi connectivity index (χ3v) is 11.5. The molecule has 0 aromatic heterocycles. The normalized spacial score (nSPS) is 16.7. The van der Waals surface area contributed by atoms with E-state index in [9.17, 15) is 0 Å². The highest BCUT2D eigenvalue weighted by molar-refractivity contribution is 5.98. The number of rotatable bonds is 10. The van der Waals surface area contributed by atoms with Crippen LogP contribution in [-0.4, -0.2) is 5.84 Å². The van der Waals surface area contributed by atoms with Gasteiger partial charge in [-0.2, -0.15) is 5.10 Å². The Morgan fingerprint density at radius 1 is 0.607 bits per heavy atom. The predicted octanol–water partition coefficient (Wildman–Crippen LogP) is 11.5. The molecule has 0 aliphatic heterocycles. The zero-order valence-electron chi connectivity index (χ0n) is 31.5. The van der Waals surface area contributed by atoms with Crippen molar-refractivity contribution in [1.29, 1.82) is 0 Å². The zero-order chi connectivity index (χ0) is 38.0. The first-order chi connectivity index (χ1) is 27.5. The SMILES string of the molecule is CC1(c2ccccc2)C=CC=C(c2cc(C3(c4ccccc4)c4ccccc4-c4ccccc43)ccc2Nc2cccc(/C(N)=N/NCc3ccccc3)c2)C1. The lowest BCUT2D eigenvalue weighted by Crippen LogP contribution is -2.29. The second-order valence-corrected chi connectivity index (χ2v) is 15.0. The van der Waals surface area contributed by atoms with Gasteiger partial charge in [0.05, 0.1) is 12.0 Å². The van der Waals surface area contributed by atoms with E-state index in [0.29, 0.717) is 12.4 Å². The second-order valence-electron chi connectivity index (χ2n) is 15.0. The molecule has 0 fully saturated rings. The van der Waals surface area contributed by atoms with Crippen LogP contribution < -0.4 is 16.5 Å². The van der Waals surface area contributed by atoms with Crippen molar-refractivity contribution in [3.8, 4) is 11.1 Å². The number of hydrazone groups is 1. The van der Waals surface area contributed by atoms with E-state index in [1.54, 1.807) is 0 Å². The number of hydrogen-bond acceptors (Lipinski definition) is 3. The van der Waals surface area contributed by atoms with Crippen molar-refractivity contribution in [1.82, 2.24) is 5.43 Å². The molecule has 1 unspecified atom stereocenters. The van der Waals surface area contributed by atoms with Crippen molar-refractivity contribution in [2.45, 2.75) is 30.7 Å². The Bertz CT molecular complexity index is 2560. The van der Waals surface area contributed by atoms with E-state index in [0.717, 1.165) is 28.9 Å². The van der Waals surface area contributed by atoms with Gasteiger partial charge in [0.25, 0.3) is 0 Å². The molecule has 4 N–H and O–H groups in total. The van der Waals surface area contributed by atoms with Crippen LogP contribution in [0.2, 0.25) is 0 Å². The minimum Gasteiger partial charge on any atom is -0.382 e.